The number of anilines is 1. The van der Waals surface area contributed by atoms with E-state index in [4.69, 9.17) is 0 Å². The van der Waals surface area contributed by atoms with Crippen molar-refractivity contribution >= 4 is 22.6 Å². The minimum Gasteiger partial charge on any atom is -0.332 e. The molecule has 1 atom stereocenters. The molecule has 1 aromatic carbocycles. The molecule has 2 rings (SSSR count). The second-order valence-corrected chi connectivity index (χ2v) is 5.84. The first-order valence-corrected chi connectivity index (χ1v) is 7.08. The molecular formula is C13H15F3N2S. The molecule has 1 unspecified atom stereocenters. The summed E-state index contributed by atoms with van der Waals surface area (Å²) in [7, 11) is 0. The second kappa shape index (κ2) is 5.86. The van der Waals surface area contributed by atoms with Gasteiger partial charge in [0.2, 0.25) is 0 Å². The van der Waals surface area contributed by atoms with Gasteiger partial charge in [-0.2, -0.15) is 0 Å². The van der Waals surface area contributed by atoms with E-state index in [2.05, 4.69) is 24.2 Å². The number of benzene rings is 1. The highest BCUT2D eigenvalue weighted by Crippen LogP contribution is 2.25. The highest BCUT2D eigenvalue weighted by atomic mass is 32.2. The minimum atomic E-state index is -1.20. The molecule has 1 aliphatic rings. The Balaban J connectivity index is 2.21. The quantitative estimate of drug-likeness (QED) is 0.831. The monoisotopic (exact) mass is 288 g/mol. The van der Waals surface area contributed by atoms with Gasteiger partial charge in [0.1, 0.15) is 5.82 Å². The van der Waals surface area contributed by atoms with Gasteiger partial charge in [0.25, 0.3) is 0 Å². The zero-order valence-corrected chi connectivity index (χ0v) is 11.5. The third kappa shape index (κ3) is 3.43. The van der Waals surface area contributed by atoms with Gasteiger partial charge in [-0.3, -0.25) is 4.99 Å². The van der Waals surface area contributed by atoms with Crippen LogP contribution in [0.3, 0.4) is 0 Å². The maximum atomic E-state index is 13.5. The summed E-state index contributed by atoms with van der Waals surface area (Å²) in [6.07, 6.45) is 0.952. The van der Waals surface area contributed by atoms with Gasteiger partial charge in [0.05, 0.1) is 11.7 Å². The lowest BCUT2D eigenvalue weighted by atomic mass is 10.0. The molecule has 0 fully saturated rings. The van der Waals surface area contributed by atoms with Crippen LogP contribution in [0.25, 0.3) is 0 Å². The summed E-state index contributed by atoms with van der Waals surface area (Å²) in [6.45, 7) is 4.12. The molecule has 0 aliphatic carbocycles. The van der Waals surface area contributed by atoms with Gasteiger partial charge in [0.15, 0.2) is 16.8 Å². The molecule has 0 amide bonds. The summed E-state index contributed by atoms with van der Waals surface area (Å²) in [5.41, 5.74) is -0.215. The predicted molar refractivity (Wildman–Crippen MR) is 73.1 cm³/mol. The maximum absolute atomic E-state index is 13.5. The zero-order chi connectivity index (χ0) is 14.0. The molecule has 104 valence electrons. The number of hydrogen-bond acceptors (Lipinski definition) is 3. The molecule has 0 bridgehead atoms. The Morgan fingerprint density at radius 3 is 2.74 bits per heavy atom. The molecule has 1 aliphatic heterocycles. The summed E-state index contributed by atoms with van der Waals surface area (Å²) >= 11 is 1.43. The summed E-state index contributed by atoms with van der Waals surface area (Å²) in [5, 5.41) is 3.18. The van der Waals surface area contributed by atoms with Gasteiger partial charge in [-0.05, 0) is 12.3 Å². The van der Waals surface area contributed by atoms with Crippen molar-refractivity contribution in [2.75, 3.05) is 11.1 Å². The van der Waals surface area contributed by atoms with Crippen LogP contribution in [0.5, 0.6) is 0 Å². The Hall–Kier alpha value is -1.17. The first kappa shape index (κ1) is 14.2. The third-order valence-corrected chi connectivity index (χ3v) is 3.86. The Kier molecular flexibility index (Phi) is 4.39. The number of hydrogen-bond donors (Lipinski definition) is 1. The summed E-state index contributed by atoms with van der Waals surface area (Å²) in [4.78, 5) is 4.43. The molecule has 0 aromatic heterocycles. The first-order valence-electron chi connectivity index (χ1n) is 6.09. The van der Waals surface area contributed by atoms with Crippen LogP contribution in [-0.2, 0) is 0 Å². The molecular weight excluding hydrogens is 273 g/mol. The number of amidine groups is 1. The Morgan fingerprint density at radius 2 is 2.05 bits per heavy atom. The van der Waals surface area contributed by atoms with E-state index in [1.807, 2.05) is 0 Å². The number of nitrogens with one attached hydrogen (secondary N) is 1. The fourth-order valence-electron chi connectivity index (χ4n) is 1.84. The van der Waals surface area contributed by atoms with Crippen molar-refractivity contribution in [1.82, 2.24) is 0 Å². The van der Waals surface area contributed by atoms with Crippen LogP contribution in [-0.4, -0.2) is 17.0 Å². The smallest absolute Gasteiger partial charge is 0.182 e. The molecule has 2 nitrogen and oxygen atoms in total. The Bertz CT molecular complexity index is 503. The molecule has 1 aromatic rings. The topological polar surface area (TPSA) is 24.4 Å². The van der Waals surface area contributed by atoms with Crippen LogP contribution in [0.1, 0.15) is 20.3 Å². The third-order valence-electron chi connectivity index (χ3n) is 2.94. The van der Waals surface area contributed by atoms with E-state index in [9.17, 15) is 13.2 Å². The molecule has 0 saturated heterocycles. The molecule has 6 heteroatoms. The van der Waals surface area contributed by atoms with Crippen molar-refractivity contribution in [1.29, 1.82) is 0 Å². The van der Waals surface area contributed by atoms with Gasteiger partial charge in [-0.15, -0.1) is 0 Å². The highest BCUT2D eigenvalue weighted by molar-refractivity contribution is 8.14. The van der Waals surface area contributed by atoms with E-state index in [-0.39, 0.29) is 11.7 Å². The summed E-state index contributed by atoms with van der Waals surface area (Å²) < 4.78 is 39.7. The lowest BCUT2D eigenvalue weighted by Crippen LogP contribution is -2.24. The fraction of sp³-hybridized carbons (Fsp3) is 0.462. The summed E-state index contributed by atoms with van der Waals surface area (Å²) in [6, 6.07) is 1.61. The summed E-state index contributed by atoms with van der Waals surface area (Å²) in [5.74, 6) is -1.87. The molecule has 19 heavy (non-hydrogen) atoms. The van der Waals surface area contributed by atoms with Gasteiger partial charge >= 0.3 is 0 Å². The SMILES string of the molecule is CC(C)C1CCSC(Nc2cc(F)cc(F)c2F)=N1. The molecule has 0 radical (unpaired) electrons. The van der Waals surface area contributed by atoms with Crippen molar-refractivity contribution in [3.8, 4) is 0 Å². The average molecular weight is 288 g/mol. The van der Waals surface area contributed by atoms with E-state index in [1.165, 1.54) is 11.8 Å². The molecule has 1 heterocycles. The number of thioether (sulfide) groups is 1. The maximum Gasteiger partial charge on any atom is 0.182 e. The van der Waals surface area contributed by atoms with Gasteiger partial charge in [-0.1, -0.05) is 25.6 Å². The first-order chi connectivity index (χ1) is 8.97. The van der Waals surface area contributed by atoms with Crippen LogP contribution in [0, 0.1) is 23.4 Å². The van der Waals surface area contributed by atoms with Crippen LogP contribution in [0.4, 0.5) is 18.9 Å². The Labute approximate surface area is 114 Å². The number of aliphatic imine (C=N–C) groups is 1. The van der Waals surface area contributed by atoms with Crippen molar-refractivity contribution < 1.29 is 13.2 Å². The van der Waals surface area contributed by atoms with E-state index >= 15 is 0 Å². The lowest BCUT2D eigenvalue weighted by Gasteiger charge is -2.23. The van der Waals surface area contributed by atoms with Crippen LogP contribution < -0.4 is 5.32 Å². The van der Waals surface area contributed by atoms with Crippen molar-refractivity contribution in [2.45, 2.75) is 26.3 Å². The van der Waals surface area contributed by atoms with Crippen molar-refractivity contribution in [3.05, 3.63) is 29.6 Å². The minimum absolute atomic E-state index is 0.158. The van der Waals surface area contributed by atoms with E-state index in [1.54, 1.807) is 0 Å². The standard InChI is InChI=1S/C13H15F3N2S/c1-7(2)10-3-4-19-13(17-10)18-11-6-8(14)5-9(15)12(11)16/h5-7,10H,3-4H2,1-2H3,(H,17,18). The number of halogens is 3. The number of rotatable bonds is 2. The van der Waals surface area contributed by atoms with Gasteiger partial charge < -0.3 is 5.32 Å². The average Bonchev–Trinajstić information content (AvgIpc) is 2.35. The molecule has 0 saturated carbocycles. The molecule has 0 spiro atoms. The fourth-order valence-corrected chi connectivity index (χ4v) is 2.79. The van der Waals surface area contributed by atoms with E-state index < -0.39 is 17.5 Å². The van der Waals surface area contributed by atoms with E-state index in [0.717, 1.165) is 18.2 Å². The van der Waals surface area contributed by atoms with Crippen LogP contribution in [0.2, 0.25) is 0 Å². The zero-order valence-electron chi connectivity index (χ0n) is 10.7. The van der Waals surface area contributed by atoms with Crippen molar-refractivity contribution in [2.24, 2.45) is 10.9 Å². The highest BCUT2D eigenvalue weighted by Gasteiger charge is 2.20. The van der Waals surface area contributed by atoms with Crippen LogP contribution in [0.15, 0.2) is 17.1 Å². The second-order valence-electron chi connectivity index (χ2n) is 4.76. The lowest BCUT2D eigenvalue weighted by molar-refractivity contribution is 0.484. The van der Waals surface area contributed by atoms with Crippen molar-refractivity contribution in [3.63, 3.8) is 0 Å². The Morgan fingerprint density at radius 1 is 1.32 bits per heavy atom. The number of nitrogens with zero attached hydrogens (tertiary/aromatic N) is 1. The van der Waals surface area contributed by atoms with Gasteiger partial charge in [-0.25, -0.2) is 13.2 Å². The van der Waals surface area contributed by atoms with Gasteiger partial charge in [0, 0.05) is 17.9 Å². The van der Waals surface area contributed by atoms with Crippen LogP contribution >= 0.6 is 11.8 Å². The molecule has 1 N–H and O–H groups in total. The van der Waals surface area contributed by atoms with E-state index in [0.29, 0.717) is 17.2 Å². The largest absolute Gasteiger partial charge is 0.332 e. The normalized spacial score (nSPS) is 19.5. The predicted octanol–water partition coefficient (Wildman–Crippen LogP) is 4.03.